The molecule has 0 aromatic heterocycles. The molecule has 0 aliphatic heterocycles. The van der Waals surface area contributed by atoms with Crippen molar-refractivity contribution in [2.45, 2.75) is 4.00 Å². The first-order chi connectivity index (χ1) is 14.7. The zero-order valence-corrected chi connectivity index (χ0v) is 20.4. The minimum absolute atomic E-state index is 0.263. The van der Waals surface area contributed by atoms with Gasteiger partial charge in [-0.1, -0.05) is 0 Å². The zero-order chi connectivity index (χ0) is 22.1. The molecule has 0 heterocycles. The van der Waals surface area contributed by atoms with E-state index in [4.69, 9.17) is 0 Å². The Labute approximate surface area is 182 Å². The summed E-state index contributed by atoms with van der Waals surface area (Å²) in [4.78, 5) is 0. The third-order valence-corrected chi connectivity index (χ3v) is 29.5. The Morgan fingerprint density at radius 1 is 0.355 bits per heavy atom. The standard InChI is InChI=1S/C25H22As2F4/c28-26(29,22-13-5-1-6-14-22,23-15-7-2-8-16-23)21-27(30,31,24-17-9-3-10-18-24)25-19-11-4-12-20-25/h1-20H,21H2. The predicted octanol–water partition coefficient (Wildman–Crippen LogP) is 4.82. The van der Waals surface area contributed by atoms with Crippen LogP contribution in [0.5, 0.6) is 0 Å². The Balaban J connectivity index is 2.05. The molecule has 0 fully saturated rings. The van der Waals surface area contributed by atoms with Crippen molar-refractivity contribution < 1.29 is 13.9 Å². The summed E-state index contributed by atoms with van der Waals surface area (Å²) in [6.45, 7) is 0. The van der Waals surface area contributed by atoms with Crippen LogP contribution in [0, 0.1) is 0 Å². The van der Waals surface area contributed by atoms with Crippen LogP contribution in [0.4, 0.5) is 13.9 Å². The number of hydrogen-bond donors (Lipinski definition) is 0. The van der Waals surface area contributed by atoms with Crippen molar-refractivity contribution in [2.75, 3.05) is 0 Å². The van der Waals surface area contributed by atoms with E-state index < -0.39 is 30.8 Å². The third kappa shape index (κ3) is 3.77. The van der Waals surface area contributed by atoms with E-state index >= 15 is 13.9 Å². The first-order valence-electron chi connectivity index (χ1n) is 9.85. The topological polar surface area (TPSA) is 0 Å². The average Bonchev–Trinajstić information content (AvgIpc) is 2.81. The van der Waals surface area contributed by atoms with Crippen molar-refractivity contribution in [3.63, 3.8) is 0 Å². The van der Waals surface area contributed by atoms with Gasteiger partial charge in [0.05, 0.1) is 0 Å². The van der Waals surface area contributed by atoms with Crippen LogP contribution in [-0.4, -0.2) is 26.8 Å². The van der Waals surface area contributed by atoms with Gasteiger partial charge >= 0.3 is 183 Å². The van der Waals surface area contributed by atoms with Crippen molar-refractivity contribution in [3.05, 3.63) is 121 Å². The molecule has 0 nitrogen and oxygen atoms in total. The molecule has 0 saturated carbocycles. The third-order valence-electron chi connectivity index (χ3n) is 5.55. The monoisotopic (exact) mass is 548 g/mol. The Morgan fingerprint density at radius 3 is 0.742 bits per heavy atom. The molecule has 0 unspecified atom stereocenters. The van der Waals surface area contributed by atoms with Gasteiger partial charge in [0.1, 0.15) is 0 Å². The van der Waals surface area contributed by atoms with Crippen molar-refractivity contribution in [1.82, 2.24) is 0 Å². The van der Waals surface area contributed by atoms with E-state index in [9.17, 15) is 0 Å². The van der Waals surface area contributed by atoms with Crippen LogP contribution in [-0.2, 0) is 0 Å². The number of rotatable bonds is 6. The summed E-state index contributed by atoms with van der Waals surface area (Å²) in [6.07, 6.45) is 0. The second kappa shape index (κ2) is 7.69. The fourth-order valence-corrected chi connectivity index (χ4v) is 31.4. The quantitative estimate of drug-likeness (QED) is 0.240. The molecule has 4 aromatic carbocycles. The Morgan fingerprint density at radius 2 is 0.548 bits per heavy atom. The first-order valence-corrected chi connectivity index (χ1v) is 19.1. The summed E-state index contributed by atoms with van der Waals surface area (Å²) in [7, 11) is 0. The molecule has 0 N–H and O–H groups in total. The van der Waals surface area contributed by atoms with E-state index in [1.165, 1.54) is 97.1 Å². The molecule has 0 aliphatic rings. The van der Waals surface area contributed by atoms with Gasteiger partial charge in [-0.25, -0.2) is 0 Å². The van der Waals surface area contributed by atoms with E-state index in [2.05, 4.69) is 0 Å². The summed E-state index contributed by atoms with van der Waals surface area (Å²) in [5.74, 6) is 0. The summed E-state index contributed by atoms with van der Waals surface area (Å²) in [6, 6.07) is 28.9. The molecule has 0 saturated heterocycles. The van der Waals surface area contributed by atoms with Crippen molar-refractivity contribution in [1.29, 1.82) is 0 Å². The van der Waals surface area contributed by atoms with Gasteiger partial charge in [-0.3, -0.25) is 0 Å². The van der Waals surface area contributed by atoms with Gasteiger partial charge in [-0.05, 0) is 0 Å². The van der Waals surface area contributed by atoms with Gasteiger partial charge in [-0.15, -0.1) is 0 Å². The van der Waals surface area contributed by atoms with E-state index in [-0.39, 0.29) is 17.4 Å². The molecular weight excluding hydrogens is 526 g/mol. The molecule has 4 rings (SSSR count). The molecular formula is C25H22As2F4. The van der Waals surface area contributed by atoms with E-state index in [0.29, 0.717) is 0 Å². The van der Waals surface area contributed by atoms with Crippen molar-refractivity contribution >= 4 is 44.2 Å². The van der Waals surface area contributed by atoms with Crippen LogP contribution < -0.4 is 17.4 Å². The fourth-order valence-electron chi connectivity index (χ4n) is 3.94. The zero-order valence-electron chi connectivity index (χ0n) is 16.7. The molecule has 0 atom stereocenters. The molecule has 0 radical (unpaired) electrons. The van der Waals surface area contributed by atoms with Gasteiger partial charge in [0.15, 0.2) is 0 Å². The second-order valence-electron chi connectivity index (χ2n) is 7.62. The fraction of sp³-hybridized carbons (Fsp3) is 0.0400. The van der Waals surface area contributed by atoms with E-state index in [1.807, 2.05) is 0 Å². The second-order valence-corrected chi connectivity index (χ2v) is 24.6. The van der Waals surface area contributed by atoms with Gasteiger partial charge in [-0.2, -0.15) is 0 Å². The number of halogens is 4. The van der Waals surface area contributed by atoms with Crippen molar-refractivity contribution in [3.8, 4) is 0 Å². The molecule has 0 bridgehead atoms. The molecule has 6 heteroatoms. The summed E-state index contributed by atoms with van der Waals surface area (Å²) in [5, 5.41) is 0. The predicted molar refractivity (Wildman–Crippen MR) is 125 cm³/mol. The van der Waals surface area contributed by atoms with Gasteiger partial charge in [0.25, 0.3) is 0 Å². The van der Waals surface area contributed by atoms with Crippen LogP contribution in [0.25, 0.3) is 0 Å². The van der Waals surface area contributed by atoms with Crippen LogP contribution >= 0.6 is 0 Å². The van der Waals surface area contributed by atoms with Crippen LogP contribution in [0.2, 0.25) is 4.00 Å². The maximum atomic E-state index is 17.1. The molecule has 0 aliphatic carbocycles. The van der Waals surface area contributed by atoms with E-state index in [1.54, 1.807) is 24.3 Å². The summed E-state index contributed by atoms with van der Waals surface area (Å²) < 4.78 is 66.1. The number of hydrogen-bond acceptors (Lipinski definition) is 0. The van der Waals surface area contributed by atoms with Crippen LogP contribution in [0.1, 0.15) is 0 Å². The molecule has 160 valence electrons. The van der Waals surface area contributed by atoms with Crippen LogP contribution in [0.15, 0.2) is 121 Å². The minimum atomic E-state index is -6.98. The van der Waals surface area contributed by atoms with Crippen molar-refractivity contribution in [2.24, 2.45) is 0 Å². The first kappa shape index (κ1) is 21.9. The average molecular weight is 548 g/mol. The normalized spacial score (nSPS) is 14.7. The maximum absolute atomic E-state index is 17.1. The summed E-state index contributed by atoms with van der Waals surface area (Å²) >= 11 is -14.0. The molecule has 31 heavy (non-hydrogen) atoms. The molecule has 4 aromatic rings. The van der Waals surface area contributed by atoms with Gasteiger partial charge < -0.3 is 0 Å². The Kier molecular flexibility index (Phi) is 5.44. The Bertz CT molecular complexity index is 983. The molecule has 0 amide bonds. The number of benzene rings is 4. The van der Waals surface area contributed by atoms with Gasteiger partial charge in [0.2, 0.25) is 0 Å². The molecule has 0 spiro atoms. The van der Waals surface area contributed by atoms with Crippen LogP contribution in [0.3, 0.4) is 0 Å². The van der Waals surface area contributed by atoms with E-state index in [0.717, 1.165) is 0 Å². The van der Waals surface area contributed by atoms with Gasteiger partial charge in [0, 0.05) is 0 Å². The Hall–Kier alpha value is -2.28. The SMILES string of the molecule is F[As](F)(C[As](F)(F)(c1ccccc1)c1ccccc1)(c1ccccc1)c1ccccc1. The summed E-state index contributed by atoms with van der Waals surface area (Å²) in [5.41, 5.74) is 0.